The molecule has 2 N–H and O–H groups in total. The molecular formula is C14H9N2O5+. The quantitative estimate of drug-likeness (QED) is 0.642. The number of nitroso groups, excluding NO2 is 2. The number of carbonyl (C=O) groups excluding carboxylic acids is 2. The topological polar surface area (TPSA) is 115 Å². The van der Waals surface area contributed by atoms with Crippen molar-refractivity contribution < 1.29 is 19.9 Å². The highest BCUT2D eigenvalue weighted by atomic mass is 16.3. The number of nitrogens with zero attached hydrogens (tertiary/aromatic N) is 1. The van der Waals surface area contributed by atoms with E-state index in [1.54, 1.807) is 0 Å². The lowest BCUT2D eigenvalue weighted by Gasteiger charge is -2.04. The Morgan fingerprint density at radius 2 is 1.71 bits per heavy atom. The third-order valence-electron chi connectivity index (χ3n) is 2.84. The number of rotatable bonds is 4. The number of phenols is 1. The van der Waals surface area contributed by atoms with Crippen LogP contribution in [0.1, 0.15) is 26.3 Å². The van der Waals surface area contributed by atoms with Crippen LogP contribution in [0, 0.1) is 9.81 Å². The maximum absolute atomic E-state index is 12.4. The molecule has 104 valence electrons. The Balaban J connectivity index is 2.53. The Morgan fingerprint density at radius 1 is 1.05 bits per heavy atom. The molecule has 2 rings (SSSR count). The van der Waals surface area contributed by atoms with Crippen LogP contribution >= 0.6 is 0 Å². The maximum Gasteiger partial charge on any atom is 0.463 e. The van der Waals surface area contributed by atoms with Gasteiger partial charge in [0.05, 0.1) is 5.18 Å². The summed E-state index contributed by atoms with van der Waals surface area (Å²) in [5, 5.41) is 13.2. The summed E-state index contributed by atoms with van der Waals surface area (Å²) in [5.41, 5.74) is -0.292. The van der Waals surface area contributed by atoms with E-state index in [1.807, 2.05) is 0 Å². The van der Waals surface area contributed by atoms with Crippen molar-refractivity contribution in [3.8, 4) is 5.75 Å². The van der Waals surface area contributed by atoms with Gasteiger partial charge in [0.1, 0.15) is 17.0 Å². The van der Waals surface area contributed by atoms with E-state index in [9.17, 15) is 24.5 Å². The third-order valence-corrected chi connectivity index (χ3v) is 2.84. The molecule has 0 radical (unpaired) electrons. The Morgan fingerprint density at radius 3 is 2.33 bits per heavy atom. The van der Waals surface area contributed by atoms with Gasteiger partial charge in [0.25, 0.3) is 0 Å². The molecule has 0 fully saturated rings. The van der Waals surface area contributed by atoms with Gasteiger partial charge >= 0.3 is 5.91 Å². The zero-order valence-electron chi connectivity index (χ0n) is 10.6. The Labute approximate surface area is 118 Å². The van der Waals surface area contributed by atoms with Gasteiger partial charge in [-0.2, -0.15) is 0 Å². The lowest BCUT2D eigenvalue weighted by atomic mass is 9.97. The van der Waals surface area contributed by atoms with E-state index >= 15 is 0 Å². The molecule has 0 aliphatic carbocycles. The molecule has 0 spiro atoms. The number of benzene rings is 2. The summed E-state index contributed by atoms with van der Waals surface area (Å²) in [6.07, 6.45) is 0. The van der Waals surface area contributed by atoms with Gasteiger partial charge in [0.2, 0.25) is 0 Å². The zero-order chi connectivity index (χ0) is 15.4. The minimum Gasteiger partial charge on any atom is -0.506 e. The van der Waals surface area contributed by atoms with Crippen molar-refractivity contribution in [2.45, 2.75) is 0 Å². The monoisotopic (exact) mass is 285 g/mol. The van der Waals surface area contributed by atoms with Gasteiger partial charge in [-0.15, -0.1) is 4.91 Å². The number of phenolic OH excluding ortho intramolecular Hbond substituents is 1. The van der Waals surface area contributed by atoms with Crippen LogP contribution in [0.4, 0.5) is 5.69 Å². The normalized spacial score (nSPS) is 9.90. The second-order valence-corrected chi connectivity index (χ2v) is 4.10. The molecular weight excluding hydrogens is 276 g/mol. The predicted octanol–water partition coefficient (Wildman–Crippen LogP) is 1.01. The molecule has 21 heavy (non-hydrogen) atoms. The van der Waals surface area contributed by atoms with Crippen LogP contribution in [-0.2, 0) is 0 Å². The van der Waals surface area contributed by atoms with Crippen molar-refractivity contribution in [2.75, 3.05) is 0 Å². The van der Waals surface area contributed by atoms with Crippen molar-refractivity contribution in [1.82, 2.24) is 0 Å². The maximum atomic E-state index is 12.4. The van der Waals surface area contributed by atoms with E-state index in [0.29, 0.717) is 0 Å². The van der Waals surface area contributed by atoms with Gasteiger partial charge in [-0.3, -0.25) is 4.79 Å². The Kier molecular flexibility index (Phi) is 3.94. The summed E-state index contributed by atoms with van der Waals surface area (Å²) in [6.45, 7) is 0. The van der Waals surface area contributed by atoms with Crippen LogP contribution in [0.25, 0.3) is 0 Å². The first-order chi connectivity index (χ1) is 10.1. The lowest BCUT2D eigenvalue weighted by molar-refractivity contribution is -0.369. The SMILES string of the molecule is O=Nc1cc(C(=O)c2ccccc2C(=O)[NH+]=O)ccc1O. The summed E-state index contributed by atoms with van der Waals surface area (Å²) in [6, 6.07) is 9.31. The molecule has 0 aliphatic heterocycles. The van der Waals surface area contributed by atoms with E-state index in [1.165, 1.54) is 35.5 Å². The highest BCUT2D eigenvalue weighted by Crippen LogP contribution is 2.28. The molecule has 0 atom stereocenters. The summed E-state index contributed by atoms with van der Waals surface area (Å²) in [7, 11) is 0. The minimum atomic E-state index is -0.938. The average Bonchev–Trinajstić information content (AvgIpc) is 2.54. The van der Waals surface area contributed by atoms with Gasteiger partial charge in [-0.25, -0.2) is 4.79 Å². The number of amides is 1. The molecule has 7 nitrogen and oxygen atoms in total. The fraction of sp³-hybridized carbons (Fsp3) is 0. The summed E-state index contributed by atoms with van der Waals surface area (Å²) < 4.78 is 0. The zero-order valence-corrected chi connectivity index (χ0v) is 10.6. The highest BCUT2D eigenvalue weighted by Gasteiger charge is 2.22. The van der Waals surface area contributed by atoms with Gasteiger partial charge in [0.15, 0.2) is 5.78 Å². The third kappa shape index (κ3) is 2.71. The number of hydrogen-bond acceptors (Lipinski definition) is 6. The van der Waals surface area contributed by atoms with Crippen LogP contribution in [0.2, 0.25) is 0 Å². The van der Waals surface area contributed by atoms with Crippen LogP contribution in [0.15, 0.2) is 47.6 Å². The predicted molar refractivity (Wildman–Crippen MR) is 72.1 cm³/mol. The lowest BCUT2D eigenvalue weighted by Crippen LogP contribution is -2.69. The van der Waals surface area contributed by atoms with Crippen LogP contribution < -0.4 is 5.18 Å². The summed E-state index contributed by atoms with van der Waals surface area (Å²) in [5.74, 6) is -1.86. The Bertz CT molecular complexity index is 755. The number of aromatic hydroxyl groups is 1. The molecule has 0 aromatic heterocycles. The van der Waals surface area contributed by atoms with E-state index in [0.717, 1.165) is 12.1 Å². The van der Waals surface area contributed by atoms with Crippen LogP contribution in [0.3, 0.4) is 0 Å². The summed E-state index contributed by atoms with van der Waals surface area (Å²) in [4.78, 5) is 44.8. The molecule has 2 aromatic rings. The second-order valence-electron chi connectivity index (χ2n) is 4.10. The van der Waals surface area contributed by atoms with Crippen molar-refractivity contribution >= 4 is 17.4 Å². The fourth-order valence-corrected chi connectivity index (χ4v) is 1.83. The van der Waals surface area contributed by atoms with Crippen molar-refractivity contribution in [1.29, 1.82) is 0 Å². The molecule has 2 aromatic carbocycles. The molecule has 0 heterocycles. The van der Waals surface area contributed by atoms with E-state index in [-0.39, 0.29) is 28.1 Å². The fourth-order valence-electron chi connectivity index (χ4n) is 1.83. The van der Waals surface area contributed by atoms with E-state index < -0.39 is 11.7 Å². The van der Waals surface area contributed by atoms with Crippen molar-refractivity contribution in [3.63, 3.8) is 0 Å². The standard InChI is InChI=1S/C14H8N2O5/c17-12-6-5-8(7-11(12)15-20)13(18)9-3-1-2-4-10(9)14(19)16-21/h1-7,17H/p+1. The molecule has 0 saturated carbocycles. The highest BCUT2D eigenvalue weighted by molar-refractivity contribution is 6.14. The smallest absolute Gasteiger partial charge is 0.463 e. The molecule has 0 aliphatic rings. The van der Waals surface area contributed by atoms with Gasteiger partial charge in [-0.05, 0) is 29.4 Å². The second kappa shape index (κ2) is 5.83. The van der Waals surface area contributed by atoms with Gasteiger partial charge < -0.3 is 5.11 Å². The number of carbonyl (C=O) groups is 2. The summed E-state index contributed by atoms with van der Waals surface area (Å²) >= 11 is 0. The van der Waals surface area contributed by atoms with Crippen molar-refractivity contribution in [3.05, 3.63) is 69.0 Å². The molecule has 0 saturated heterocycles. The minimum absolute atomic E-state index is 0.00777. The van der Waals surface area contributed by atoms with Gasteiger partial charge in [0, 0.05) is 16.0 Å². The molecule has 7 heteroatoms. The number of ketones is 1. The van der Waals surface area contributed by atoms with Gasteiger partial charge in [-0.1, -0.05) is 18.2 Å². The Hall–Kier alpha value is -3.22. The first-order valence-electron chi connectivity index (χ1n) is 5.81. The van der Waals surface area contributed by atoms with Crippen LogP contribution in [0.5, 0.6) is 5.75 Å². The molecule has 0 unspecified atom stereocenters. The number of nitrogens with one attached hydrogen (secondary N) is 1. The first kappa shape index (κ1) is 14.2. The first-order valence-corrected chi connectivity index (χ1v) is 5.81. The van der Waals surface area contributed by atoms with Crippen molar-refractivity contribution in [2.24, 2.45) is 5.18 Å². The largest absolute Gasteiger partial charge is 0.506 e. The van der Waals surface area contributed by atoms with Crippen LogP contribution in [-0.4, -0.2) is 16.8 Å². The number of hydrogen-bond donors (Lipinski definition) is 2. The molecule has 0 bridgehead atoms. The van der Waals surface area contributed by atoms with E-state index in [4.69, 9.17) is 0 Å². The molecule has 1 amide bonds. The average molecular weight is 285 g/mol. The van der Waals surface area contributed by atoms with E-state index in [2.05, 4.69) is 5.18 Å².